The minimum absolute atomic E-state index is 0.0992. The molecule has 0 aliphatic heterocycles. The Morgan fingerprint density at radius 3 is 2.26 bits per heavy atom. The molecule has 0 aliphatic rings. The number of ether oxygens (including phenoxy) is 1. The van der Waals surface area contributed by atoms with E-state index in [1.54, 1.807) is 20.8 Å². The fraction of sp³-hybridized carbons (Fsp3) is 0.562. The molecule has 0 saturated carbocycles. The standard InChI is InChI=1S/C16H26N2O4S/c1-6-12(2)17-15(19)11-22-13-7-9-14(10-8-13)23(20,21)18-16(3,4)5/h7-10,12,18H,6,11H2,1-5H3,(H,17,19)/t12-/m1/s1. The van der Waals surface area contributed by atoms with Crippen molar-refractivity contribution in [2.45, 2.75) is 57.5 Å². The number of carbonyl (C=O) groups excluding carboxylic acids is 1. The Hall–Kier alpha value is -1.60. The lowest BCUT2D eigenvalue weighted by molar-refractivity contribution is -0.123. The molecule has 0 radical (unpaired) electrons. The maximum atomic E-state index is 12.2. The number of sulfonamides is 1. The molecular weight excluding hydrogens is 316 g/mol. The first-order valence-corrected chi connectivity index (χ1v) is 9.08. The molecule has 1 amide bonds. The molecule has 130 valence electrons. The van der Waals surface area contributed by atoms with Crippen molar-refractivity contribution in [3.8, 4) is 5.75 Å². The van der Waals surface area contributed by atoms with Crippen LogP contribution < -0.4 is 14.8 Å². The lowest BCUT2D eigenvalue weighted by Crippen LogP contribution is -2.40. The maximum absolute atomic E-state index is 12.2. The Bertz CT molecular complexity index is 618. The van der Waals surface area contributed by atoms with Gasteiger partial charge >= 0.3 is 0 Å². The van der Waals surface area contributed by atoms with E-state index in [4.69, 9.17) is 4.74 Å². The Morgan fingerprint density at radius 1 is 1.22 bits per heavy atom. The van der Waals surface area contributed by atoms with Gasteiger partial charge in [-0.2, -0.15) is 0 Å². The summed E-state index contributed by atoms with van der Waals surface area (Å²) < 4.78 is 32.3. The first-order chi connectivity index (χ1) is 10.5. The van der Waals surface area contributed by atoms with Crippen LogP contribution in [0.3, 0.4) is 0 Å². The zero-order valence-electron chi connectivity index (χ0n) is 14.3. The number of rotatable bonds is 7. The molecule has 1 rings (SSSR count). The second kappa shape index (κ2) is 7.79. The fourth-order valence-corrected chi connectivity index (χ4v) is 3.16. The highest BCUT2D eigenvalue weighted by Crippen LogP contribution is 2.17. The first kappa shape index (κ1) is 19.4. The minimum atomic E-state index is -3.57. The largest absolute Gasteiger partial charge is 0.484 e. The number of hydrogen-bond donors (Lipinski definition) is 2. The molecule has 0 aromatic heterocycles. The van der Waals surface area contributed by atoms with Crippen LogP contribution in [0.15, 0.2) is 29.2 Å². The Labute approximate surface area is 138 Å². The average Bonchev–Trinajstić information content (AvgIpc) is 2.43. The predicted molar refractivity (Wildman–Crippen MR) is 89.9 cm³/mol. The van der Waals surface area contributed by atoms with Gasteiger partial charge in [0.1, 0.15) is 5.75 Å². The van der Waals surface area contributed by atoms with Crippen LogP contribution in [0, 0.1) is 0 Å². The van der Waals surface area contributed by atoms with Crippen LogP contribution >= 0.6 is 0 Å². The van der Waals surface area contributed by atoms with E-state index in [9.17, 15) is 13.2 Å². The zero-order chi connectivity index (χ0) is 17.7. The second-order valence-corrected chi connectivity index (χ2v) is 8.17. The summed E-state index contributed by atoms with van der Waals surface area (Å²) in [5.74, 6) is 0.240. The van der Waals surface area contributed by atoms with E-state index in [1.807, 2.05) is 13.8 Å². The molecule has 7 heteroatoms. The summed E-state index contributed by atoms with van der Waals surface area (Å²) in [6.07, 6.45) is 0.846. The first-order valence-electron chi connectivity index (χ1n) is 7.59. The molecular formula is C16H26N2O4S. The average molecular weight is 342 g/mol. The number of benzene rings is 1. The van der Waals surface area contributed by atoms with Gasteiger partial charge in [-0.25, -0.2) is 13.1 Å². The number of nitrogens with one attached hydrogen (secondary N) is 2. The number of carbonyl (C=O) groups is 1. The van der Waals surface area contributed by atoms with E-state index in [0.29, 0.717) is 5.75 Å². The predicted octanol–water partition coefficient (Wildman–Crippen LogP) is 2.06. The third-order valence-corrected chi connectivity index (χ3v) is 4.74. The molecule has 23 heavy (non-hydrogen) atoms. The molecule has 0 unspecified atom stereocenters. The van der Waals surface area contributed by atoms with Crippen molar-refractivity contribution in [3.63, 3.8) is 0 Å². The van der Waals surface area contributed by atoms with Gasteiger partial charge in [-0.1, -0.05) is 6.92 Å². The van der Waals surface area contributed by atoms with Gasteiger partial charge in [-0.05, 0) is 58.4 Å². The molecule has 0 heterocycles. The highest BCUT2D eigenvalue weighted by atomic mass is 32.2. The molecule has 0 fully saturated rings. The van der Waals surface area contributed by atoms with Crippen LogP contribution in [0.2, 0.25) is 0 Å². The Kier molecular flexibility index (Phi) is 6.58. The summed E-state index contributed by atoms with van der Waals surface area (Å²) in [6, 6.07) is 6.08. The molecule has 1 aromatic carbocycles. The summed E-state index contributed by atoms with van der Waals surface area (Å²) >= 11 is 0. The topological polar surface area (TPSA) is 84.5 Å². The van der Waals surface area contributed by atoms with Crippen molar-refractivity contribution in [3.05, 3.63) is 24.3 Å². The third kappa shape index (κ3) is 7.00. The highest BCUT2D eigenvalue weighted by molar-refractivity contribution is 7.89. The van der Waals surface area contributed by atoms with Crippen molar-refractivity contribution in [1.29, 1.82) is 0 Å². The highest BCUT2D eigenvalue weighted by Gasteiger charge is 2.21. The van der Waals surface area contributed by atoms with Gasteiger partial charge in [0.25, 0.3) is 5.91 Å². The van der Waals surface area contributed by atoms with Crippen molar-refractivity contribution in [1.82, 2.24) is 10.0 Å². The van der Waals surface area contributed by atoms with Gasteiger partial charge in [0.05, 0.1) is 4.90 Å². The van der Waals surface area contributed by atoms with Gasteiger partial charge in [0, 0.05) is 11.6 Å². The van der Waals surface area contributed by atoms with Crippen LogP contribution in [-0.2, 0) is 14.8 Å². The maximum Gasteiger partial charge on any atom is 0.258 e. The van der Waals surface area contributed by atoms with E-state index in [1.165, 1.54) is 24.3 Å². The van der Waals surface area contributed by atoms with Crippen LogP contribution in [0.4, 0.5) is 0 Å². The van der Waals surface area contributed by atoms with Crippen LogP contribution in [0.1, 0.15) is 41.0 Å². The molecule has 2 N–H and O–H groups in total. The van der Waals surface area contributed by atoms with Gasteiger partial charge in [0.2, 0.25) is 10.0 Å². The fourth-order valence-electron chi connectivity index (χ4n) is 1.74. The van der Waals surface area contributed by atoms with E-state index in [-0.39, 0.29) is 23.5 Å². The van der Waals surface area contributed by atoms with Crippen molar-refractivity contribution in [2.75, 3.05) is 6.61 Å². The van der Waals surface area contributed by atoms with Crippen molar-refractivity contribution in [2.24, 2.45) is 0 Å². The van der Waals surface area contributed by atoms with E-state index in [0.717, 1.165) is 6.42 Å². The summed E-state index contributed by atoms with van der Waals surface area (Å²) in [5.41, 5.74) is -0.554. The smallest absolute Gasteiger partial charge is 0.258 e. The second-order valence-electron chi connectivity index (χ2n) is 6.49. The summed E-state index contributed by atoms with van der Waals surface area (Å²) in [6.45, 7) is 9.13. The van der Waals surface area contributed by atoms with Crippen LogP contribution in [0.5, 0.6) is 5.75 Å². The third-order valence-electron chi connectivity index (χ3n) is 2.96. The van der Waals surface area contributed by atoms with Gasteiger partial charge in [-0.15, -0.1) is 0 Å². The zero-order valence-corrected chi connectivity index (χ0v) is 15.2. The Balaban J connectivity index is 2.65. The molecule has 0 saturated heterocycles. The lowest BCUT2D eigenvalue weighted by Gasteiger charge is -2.20. The summed E-state index contributed by atoms with van der Waals surface area (Å²) in [7, 11) is -3.57. The monoisotopic (exact) mass is 342 g/mol. The summed E-state index contributed by atoms with van der Waals surface area (Å²) in [5, 5.41) is 2.79. The molecule has 6 nitrogen and oxygen atoms in total. The van der Waals surface area contributed by atoms with E-state index in [2.05, 4.69) is 10.0 Å². The van der Waals surface area contributed by atoms with Gasteiger partial charge in [0.15, 0.2) is 6.61 Å². The quantitative estimate of drug-likeness (QED) is 0.794. The summed E-state index contributed by atoms with van der Waals surface area (Å²) in [4.78, 5) is 11.8. The molecule has 1 aromatic rings. The van der Waals surface area contributed by atoms with Crippen LogP contribution in [-0.4, -0.2) is 32.5 Å². The Morgan fingerprint density at radius 2 is 1.78 bits per heavy atom. The van der Waals surface area contributed by atoms with Crippen molar-refractivity contribution < 1.29 is 17.9 Å². The van der Waals surface area contributed by atoms with E-state index < -0.39 is 15.6 Å². The lowest BCUT2D eigenvalue weighted by atomic mass is 10.1. The molecule has 1 atom stereocenters. The molecule has 0 aliphatic carbocycles. The van der Waals surface area contributed by atoms with Crippen molar-refractivity contribution >= 4 is 15.9 Å². The SMILES string of the molecule is CC[C@@H](C)NC(=O)COc1ccc(S(=O)(=O)NC(C)(C)C)cc1. The number of amides is 1. The minimum Gasteiger partial charge on any atom is -0.484 e. The van der Waals surface area contributed by atoms with Crippen LogP contribution in [0.25, 0.3) is 0 Å². The molecule has 0 spiro atoms. The van der Waals surface area contributed by atoms with Gasteiger partial charge in [-0.3, -0.25) is 4.79 Å². The number of hydrogen-bond acceptors (Lipinski definition) is 4. The normalized spacial score (nSPS) is 13.4. The molecule has 0 bridgehead atoms. The van der Waals surface area contributed by atoms with E-state index >= 15 is 0 Å². The van der Waals surface area contributed by atoms with Gasteiger partial charge < -0.3 is 10.1 Å².